The van der Waals surface area contributed by atoms with Crippen LogP contribution < -0.4 is 15.9 Å². The lowest BCUT2D eigenvalue weighted by Crippen LogP contribution is -2.29. The Balaban J connectivity index is 2.98. The van der Waals surface area contributed by atoms with Gasteiger partial charge in [-0.3, -0.25) is 10.4 Å². The first-order valence-electron chi connectivity index (χ1n) is 5.14. The van der Waals surface area contributed by atoms with Gasteiger partial charge in [0.15, 0.2) is 5.84 Å². The standard InChI is InChI=1S/C11H18N4O2/c1-15(2)13-7-9-6-8(11(12)14-16)4-5-10(9)17-3/h4-6,13,16H,7H2,1-3H3,(H2,12,14). The van der Waals surface area contributed by atoms with E-state index in [9.17, 15) is 0 Å². The van der Waals surface area contributed by atoms with E-state index in [2.05, 4.69) is 10.6 Å². The van der Waals surface area contributed by atoms with Crippen LogP contribution in [-0.4, -0.2) is 37.3 Å². The number of methoxy groups -OCH3 is 1. The summed E-state index contributed by atoms with van der Waals surface area (Å²) in [5.41, 5.74) is 10.3. The Morgan fingerprint density at radius 1 is 1.53 bits per heavy atom. The highest BCUT2D eigenvalue weighted by Crippen LogP contribution is 2.19. The van der Waals surface area contributed by atoms with Crippen LogP contribution in [0.3, 0.4) is 0 Å². The summed E-state index contributed by atoms with van der Waals surface area (Å²) in [6.07, 6.45) is 0. The fraction of sp³-hybridized carbons (Fsp3) is 0.364. The van der Waals surface area contributed by atoms with E-state index >= 15 is 0 Å². The highest BCUT2D eigenvalue weighted by atomic mass is 16.5. The monoisotopic (exact) mass is 238 g/mol. The molecule has 0 saturated heterocycles. The van der Waals surface area contributed by atoms with Crippen LogP contribution in [0.15, 0.2) is 23.4 Å². The van der Waals surface area contributed by atoms with Gasteiger partial charge in [-0.05, 0) is 18.2 Å². The second-order valence-electron chi connectivity index (χ2n) is 3.74. The third kappa shape index (κ3) is 3.61. The number of benzene rings is 1. The summed E-state index contributed by atoms with van der Waals surface area (Å²) >= 11 is 0. The Morgan fingerprint density at radius 3 is 2.76 bits per heavy atom. The van der Waals surface area contributed by atoms with Crippen LogP contribution in [0.5, 0.6) is 5.75 Å². The topological polar surface area (TPSA) is 83.1 Å². The van der Waals surface area contributed by atoms with Gasteiger partial charge in [0.25, 0.3) is 0 Å². The van der Waals surface area contributed by atoms with Gasteiger partial charge in [-0.15, -0.1) is 0 Å². The zero-order valence-electron chi connectivity index (χ0n) is 10.3. The molecule has 0 bridgehead atoms. The molecule has 0 spiro atoms. The average Bonchev–Trinajstić information content (AvgIpc) is 2.34. The van der Waals surface area contributed by atoms with Gasteiger partial charge in [0.05, 0.1) is 7.11 Å². The molecule has 0 radical (unpaired) electrons. The van der Waals surface area contributed by atoms with Crippen molar-refractivity contribution < 1.29 is 9.94 Å². The quantitative estimate of drug-likeness (QED) is 0.298. The molecule has 0 unspecified atom stereocenters. The molecule has 6 heteroatoms. The first kappa shape index (κ1) is 13.3. The summed E-state index contributed by atoms with van der Waals surface area (Å²) < 4.78 is 5.24. The number of nitrogens with one attached hydrogen (secondary N) is 1. The number of hydrogen-bond acceptors (Lipinski definition) is 5. The van der Waals surface area contributed by atoms with Crippen molar-refractivity contribution in [2.45, 2.75) is 6.54 Å². The van der Waals surface area contributed by atoms with Crippen LogP contribution >= 0.6 is 0 Å². The maximum absolute atomic E-state index is 8.63. The molecule has 17 heavy (non-hydrogen) atoms. The molecular formula is C11H18N4O2. The number of hydrogen-bond donors (Lipinski definition) is 3. The summed E-state index contributed by atoms with van der Waals surface area (Å²) in [4.78, 5) is 0. The zero-order valence-corrected chi connectivity index (χ0v) is 10.3. The summed E-state index contributed by atoms with van der Waals surface area (Å²) in [5.74, 6) is 0.840. The van der Waals surface area contributed by atoms with Gasteiger partial charge in [-0.25, -0.2) is 0 Å². The molecule has 0 aliphatic carbocycles. The molecular weight excluding hydrogens is 220 g/mol. The van der Waals surface area contributed by atoms with Crippen molar-refractivity contribution in [2.24, 2.45) is 10.9 Å². The van der Waals surface area contributed by atoms with E-state index in [0.29, 0.717) is 12.1 Å². The lowest BCUT2D eigenvalue weighted by molar-refractivity contribution is 0.283. The second-order valence-corrected chi connectivity index (χ2v) is 3.74. The molecule has 0 heterocycles. The van der Waals surface area contributed by atoms with Crippen LogP contribution in [0.2, 0.25) is 0 Å². The van der Waals surface area contributed by atoms with Crippen molar-refractivity contribution in [1.29, 1.82) is 0 Å². The highest BCUT2D eigenvalue weighted by Gasteiger charge is 2.07. The van der Waals surface area contributed by atoms with Gasteiger partial charge in [0.2, 0.25) is 0 Å². The van der Waals surface area contributed by atoms with Gasteiger partial charge in [0, 0.05) is 31.8 Å². The summed E-state index contributed by atoms with van der Waals surface area (Å²) in [5, 5.41) is 13.4. The third-order valence-corrected chi connectivity index (χ3v) is 2.27. The van der Waals surface area contributed by atoms with E-state index in [0.717, 1.165) is 11.3 Å². The molecule has 0 fully saturated rings. The molecule has 0 aromatic heterocycles. The SMILES string of the molecule is COc1ccc(/C(N)=N/O)cc1CNN(C)C. The fourth-order valence-electron chi connectivity index (χ4n) is 1.38. The van der Waals surface area contributed by atoms with Crippen LogP contribution in [-0.2, 0) is 6.54 Å². The van der Waals surface area contributed by atoms with Crippen LogP contribution in [0.25, 0.3) is 0 Å². The maximum Gasteiger partial charge on any atom is 0.170 e. The Labute approximate surface area is 101 Å². The molecule has 1 aromatic carbocycles. The minimum atomic E-state index is 0.0822. The summed E-state index contributed by atoms with van der Waals surface area (Å²) in [6.45, 7) is 0.600. The van der Waals surface area contributed by atoms with Gasteiger partial charge in [0.1, 0.15) is 5.75 Å². The predicted octanol–water partition coefficient (Wildman–Crippen LogP) is 0.356. The van der Waals surface area contributed by atoms with E-state index in [4.69, 9.17) is 15.7 Å². The van der Waals surface area contributed by atoms with Crippen molar-refractivity contribution in [1.82, 2.24) is 10.4 Å². The van der Waals surface area contributed by atoms with E-state index in [-0.39, 0.29) is 5.84 Å². The number of amidine groups is 1. The molecule has 1 rings (SSSR count). The summed E-state index contributed by atoms with van der Waals surface area (Å²) in [7, 11) is 5.41. The maximum atomic E-state index is 8.63. The number of ether oxygens (including phenoxy) is 1. The molecule has 0 aliphatic heterocycles. The molecule has 6 nitrogen and oxygen atoms in total. The van der Waals surface area contributed by atoms with E-state index in [1.54, 1.807) is 19.2 Å². The predicted molar refractivity (Wildman–Crippen MR) is 66.0 cm³/mol. The van der Waals surface area contributed by atoms with Crippen molar-refractivity contribution in [3.63, 3.8) is 0 Å². The van der Waals surface area contributed by atoms with E-state index in [1.807, 2.05) is 25.2 Å². The van der Waals surface area contributed by atoms with Crippen molar-refractivity contribution in [2.75, 3.05) is 21.2 Å². The highest BCUT2D eigenvalue weighted by molar-refractivity contribution is 5.97. The van der Waals surface area contributed by atoms with Gasteiger partial charge in [-0.2, -0.15) is 0 Å². The number of nitrogens with zero attached hydrogens (tertiary/aromatic N) is 2. The van der Waals surface area contributed by atoms with Gasteiger partial charge in [-0.1, -0.05) is 5.16 Å². The molecule has 4 N–H and O–H groups in total. The lowest BCUT2D eigenvalue weighted by atomic mass is 10.1. The lowest BCUT2D eigenvalue weighted by Gasteiger charge is -2.15. The first-order chi connectivity index (χ1) is 8.08. The minimum absolute atomic E-state index is 0.0822. The Hall–Kier alpha value is -1.79. The number of rotatable bonds is 5. The Bertz CT molecular complexity index is 404. The van der Waals surface area contributed by atoms with Crippen molar-refractivity contribution >= 4 is 5.84 Å². The number of nitrogens with two attached hydrogens (primary N) is 1. The largest absolute Gasteiger partial charge is 0.496 e. The van der Waals surface area contributed by atoms with E-state index in [1.165, 1.54) is 0 Å². The molecule has 1 aromatic rings. The third-order valence-electron chi connectivity index (χ3n) is 2.27. The summed E-state index contributed by atoms with van der Waals surface area (Å²) in [6, 6.07) is 5.36. The van der Waals surface area contributed by atoms with Gasteiger partial charge >= 0.3 is 0 Å². The van der Waals surface area contributed by atoms with Crippen molar-refractivity contribution in [3.8, 4) is 5.75 Å². The van der Waals surface area contributed by atoms with Gasteiger partial charge < -0.3 is 15.7 Å². The number of oxime groups is 1. The molecule has 94 valence electrons. The smallest absolute Gasteiger partial charge is 0.170 e. The average molecular weight is 238 g/mol. The molecule has 0 saturated carbocycles. The van der Waals surface area contributed by atoms with Crippen LogP contribution in [0.1, 0.15) is 11.1 Å². The Kier molecular flexibility index (Phi) is 4.74. The molecule has 0 amide bonds. The second kappa shape index (κ2) is 6.07. The Morgan fingerprint density at radius 2 is 2.24 bits per heavy atom. The van der Waals surface area contributed by atoms with Crippen LogP contribution in [0, 0.1) is 0 Å². The van der Waals surface area contributed by atoms with Crippen LogP contribution in [0.4, 0.5) is 0 Å². The van der Waals surface area contributed by atoms with Crippen molar-refractivity contribution in [3.05, 3.63) is 29.3 Å². The minimum Gasteiger partial charge on any atom is -0.496 e. The molecule has 0 atom stereocenters. The molecule has 0 aliphatic rings. The first-order valence-corrected chi connectivity index (χ1v) is 5.14. The normalized spacial score (nSPS) is 11.9. The number of hydrazine groups is 1. The van der Waals surface area contributed by atoms with E-state index < -0.39 is 0 Å². The zero-order chi connectivity index (χ0) is 12.8. The fourth-order valence-corrected chi connectivity index (χ4v) is 1.38.